The number of benzene rings is 2. The summed E-state index contributed by atoms with van der Waals surface area (Å²) in [5, 5.41) is 0. The van der Waals surface area contributed by atoms with Crippen LogP contribution in [0.4, 0.5) is 22.0 Å². The standard InChI is InChI=1S/C22H21F5N2OS.C2H6/c23-15-5-1-3-12(7-15)17-6-2-4-13(19(17)25)10-18-20(28-31)22(26,27)11-29(18)21(30)14-8-16(24)9-14;1-2/h1-7,14,16,18,20,28,31H,8-11H2;1-2H3. The maximum Gasteiger partial charge on any atom is 0.283 e. The Morgan fingerprint density at radius 3 is 2.42 bits per heavy atom. The molecule has 2 atom stereocenters. The average Bonchev–Trinajstić information content (AvgIpc) is 3.03. The first-order chi connectivity index (χ1) is 15.7. The van der Waals surface area contributed by atoms with Crippen molar-refractivity contribution in [1.82, 2.24) is 9.62 Å². The fourth-order valence-electron chi connectivity index (χ4n) is 4.38. The van der Waals surface area contributed by atoms with Crippen LogP contribution >= 0.6 is 12.8 Å². The topological polar surface area (TPSA) is 32.3 Å². The second-order valence-electron chi connectivity index (χ2n) is 8.16. The zero-order valence-corrected chi connectivity index (χ0v) is 19.3. The molecule has 0 spiro atoms. The van der Waals surface area contributed by atoms with Crippen molar-refractivity contribution in [2.24, 2.45) is 5.92 Å². The van der Waals surface area contributed by atoms with Crippen LogP contribution in [0.5, 0.6) is 0 Å². The molecule has 1 aliphatic carbocycles. The van der Waals surface area contributed by atoms with Crippen molar-refractivity contribution >= 4 is 18.7 Å². The number of hydrogen-bond acceptors (Lipinski definition) is 3. The molecule has 2 aliphatic rings. The summed E-state index contributed by atoms with van der Waals surface area (Å²) in [6, 6.07) is 7.33. The van der Waals surface area contributed by atoms with Crippen molar-refractivity contribution in [3.8, 4) is 11.1 Å². The number of amides is 1. The third-order valence-corrected chi connectivity index (χ3v) is 6.39. The van der Waals surface area contributed by atoms with E-state index in [1.54, 1.807) is 12.1 Å². The second kappa shape index (κ2) is 10.4. The summed E-state index contributed by atoms with van der Waals surface area (Å²) in [7, 11) is 0. The molecule has 180 valence electrons. The van der Waals surface area contributed by atoms with Crippen LogP contribution in [-0.4, -0.2) is 41.5 Å². The molecule has 1 saturated heterocycles. The molecule has 0 bridgehead atoms. The fourth-order valence-corrected chi connectivity index (χ4v) is 4.74. The highest BCUT2D eigenvalue weighted by atomic mass is 32.1. The summed E-state index contributed by atoms with van der Waals surface area (Å²) in [6.45, 7) is 3.16. The SMILES string of the molecule is CC.O=C(C1CC(F)C1)N1CC(F)(F)C(NS)C1Cc1cccc(-c2cccc(F)c2)c1F. The van der Waals surface area contributed by atoms with Crippen molar-refractivity contribution in [3.05, 3.63) is 59.7 Å². The Hall–Kier alpha value is -2.13. The van der Waals surface area contributed by atoms with Gasteiger partial charge in [-0.3, -0.25) is 9.52 Å². The zero-order chi connectivity index (χ0) is 24.3. The minimum atomic E-state index is -3.28. The number of nitrogens with one attached hydrogen (secondary N) is 1. The zero-order valence-electron chi connectivity index (χ0n) is 18.4. The Balaban J connectivity index is 0.00000149. The van der Waals surface area contributed by atoms with Crippen molar-refractivity contribution in [3.63, 3.8) is 0 Å². The van der Waals surface area contributed by atoms with E-state index in [1.165, 1.54) is 30.3 Å². The monoisotopic (exact) mass is 486 g/mol. The summed E-state index contributed by atoms with van der Waals surface area (Å²) in [5.74, 6) is -5.67. The molecular formula is C24H27F5N2OS. The molecule has 9 heteroatoms. The highest BCUT2D eigenvalue weighted by molar-refractivity contribution is 7.78. The van der Waals surface area contributed by atoms with Crippen LogP contribution in [0.2, 0.25) is 0 Å². The summed E-state index contributed by atoms with van der Waals surface area (Å²) in [6.07, 6.45) is -1.28. The van der Waals surface area contributed by atoms with Crippen LogP contribution in [0, 0.1) is 17.6 Å². The van der Waals surface area contributed by atoms with Gasteiger partial charge in [0.1, 0.15) is 23.8 Å². The maximum absolute atomic E-state index is 15.3. The van der Waals surface area contributed by atoms with Gasteiger partial charge in [-0.05, 0) is 42.5 Å². The molecule has 1 saturated carbocycles. The molecule has 0 radical (unpaired) electrons. The molecule has 1 aliphatic heterocycles. The lowest BCUT2D eigenvalue weighted by molar-refractivity contribution is -0.142. The first-order valence-electron chi connectivity index (χ1n) is 11.0. The minimum Gasteiger partial charge on any atom is -0.331 e. The van der Waals surface area contributed by atoms with Gasteiger partial charge < -0.3 is 4.90 Å². The van der Waals surface area contributed by atoms with Gasteiger partial charge in [-0.1, -0.05) is 57.0 Å². The first-order valence-corrected chi connectivity index (χ1v) is 11.4. The second-order valence-corrected chi connectivity index (χ2v) is 8.42. The number of carbonyl (C=O) groups excluding carboxylic acids is 1. The summed E-state index contributed by atoms with van der Waals surface area (Å²) >= 11 is 3.82. The quantitative estimate of drug-likeness (QED) is 0.426. The summed E-state index contributed by atoms with van der Waals surface area (Å²) < 4.78 is 73.6. The maximum atomic E-state index is 15.3. The Morgan fingerprint density at radius 1 is 1.15 bits per heavy atom. The number of hydrogen-bond donors (Lipinski definition) is 2. The van der Waals surface area contributed by atoms with Gasteiger partial charge in [0.25, 0.3) is 5.92 Å². The van der Waals surface area contributed by atoms with Crippen LogP contribution < -0.4 is 4.72 Å². The number of likely N-dealkylation sites (tertiary alicyclic amines) is 1. The van der Waals surface area contributed by atoms with Gasteiger partial charge in [-0.15, -0.1) is 0 Å². The Labute approximate surface area is 195 Å². The Morgan fingerprint density at radius 2 is 1.82 bits per heavy atom. The molecule has 2 aromatic carbocycles. The van der Waals surface area contributed by atoms with Crippen molar-refractivity contribution in [2.45, 2.75) is 57.3 Å². The number of alkyl halides is 3. The summed E-state index contributed by atoms with van der Waals surface area (Å²) in [5.41, 5.74) is 0.568. The molecule has 4 rings (SSSR count). The molecular weight excluding hydrogens is 459 g/mol. The van der Waals surface area contributed by atoms with E-state index in [0.29, 0.717) is 5.56 Å². The van der Waals surface area contributed by atoms with Gasteiger partial charge in [0.2, 0.25) is 5.91 Å². The largest absolute Gasteiger partial charge is 0.331 e. The van der Waals surface area contributed by atoms with Gasteiger partial charge in [0.05, 0.1) is 12.6 Å². The molecule has 0 aromatic heterocycles. The van der Waals surface area contributed by atoms with Crippen LogP contribution in [0.25, 0.3) is 11.1 Å². The van der Waals surface area contributed by atoms with E-state index in [-0.39, 0.29) is 30.4 Å². The van der Waals surface area contributed by atoms with E-state index in [4.69, 9.17) is 0 Å². The van der Waals surface area contributed by atoms with Crippen LogP contribution in [-0.2, 0) is 11.2 Å². The van der Waals surface area contributed by atoms with E-state index >= 15 is 4.39 Å². The predicted molar refractivity (Wildman–Crippen MR) is 121 cm³/mol. The molecule has 3 nitrogen and oxygen atoms in total. The van der Waals surface area contributed by atoms with Gasteiger partial charge in [-0.2, -0.15) is 0 Å². The fraction of sp³-hybridized carbons (Fsp3) is 0.458. The molecule has 33 heavy (non-hydrogen) atoms. The van der Waals surface area contributed by atoms with E-state index in [9.17, 15) is 22.4 Å². The van der Waals surface area contributed by atoms with E-state index in [2.05, 4.69) is 17.5 Å². The number of rotatable bonds is 5. The molecule has 2 aromatic rings. The molecule has 1 heterocycles. The number of thiol groups is 1. The van der Waals surface area contributed by atoms with Crippen molar-refractivity contribution < 1.29 is 26.7 Å². The van der Waals surface area contributed by atoms with E-state index in [0.717, 1.165) is 4.90 Å². The van der Waals surface area contributed by atoms with E-state index in [1.807, 2.05) is 13.8 Å². The Kier molecular flexibility index (Phi) is 8.05. The highest BCUT2D eigenvalue weighted by Gasteiger charge is 2.57. The lowest BCUT2D eigenvalue weighted by Crippen LogP contribution is -2.50. The van der Waals surface area contributed by atoms with Crippen LogP contribution in [0.15, 0.2) is 42.5 Å². The smallest absolute Gasteiger partial charge is 0.283 e. The van der Waals surface area contributed by atoms with Crippen molar-refractivity contribution in [2.75, 3.05) is 6.54 Å². The number of nitrogens with zero attached hydrogens (tertiary/aromatic N) is 1. The summed E-state index contributed by atoms with van der Waals surface area (Å²) in [4.78, 5) is 13.8. The van der Waals surface area contributed by atoms with E-state index < -0.39 is 54.2 Å². The number of halogens is 5. The minimum absolute atomic E-state index is 0.00993. The molecule has 1 N–H and O–H groups in total. The van der Waals surface area contributed by atoms with Gasteiger partial charge >= 0.3 is 0 Å². The van der Waals surface area contributed by atoms with Crippen molar-refractivity contribution in [1.29, 1.82) is 0 Å². The molecule has 2 unspecified atom stereocenters. The van der Waals surface area contributed by atoms with Crippen LogP contribution in [0.1, 0.15) is 32.3 Å². The van der Waals surface area contributed by atoms with Crippen LogP contribution in [0.3, 0.4) is 0 Å². The lowest BCUT2D eigenvalue weighted by atomic mass is 9.82. The average molecular weight is 487 g/mol. The number of carbonyl (C=O) groups is 1. The van der Waals surface area contributed by atoms with Gasteiger partial charge in [0, 0.05) is 11.5 Å². The Bertz CT molecular complexity index is 983. The first kappa shape index (κ1) is 25.5. The van der Waals surface area contributed by atoms with Gasteiger partial charge in [0.15, 0.2) is 0 Å². The third kappa shape index (κ3) is 5.19. The normalized spacial score (nSPS) is 25.8. The molecule has 2 fully saturated rings. The van der Waals surface area contributed by atoms with Gasteiger partial charge in [-0.25, -0.2) is 22.0 Å². The molecule has 1 amide bonds. The highest BCUT2D eigenvalue weighted by Crippen LogP contribution is 2.40. The predicted octanol–water partition coefficient (Wildman–Crippen LogP) is 5.60. The lowest BCUT2D eigenvalue weighted by Gasteiger charge is -2.35. The third-order valence-electron chi connectivity index (χ3n) is 6.12.